The van der Waals surface area contributed by atoms with Gasteiger partial charge in [-0.1, -0.05) is 13.8 Å². The molecule has 0 aromatic carbocycles. The number of rotatable bonds is 2. The molecule has 3 heterocycles. The van der Waals surface area contributed by atoms with Crippen molar-refractivity contribution in [2.24, 2.45) is 5.92 Å². The van der Waals surface area contributed by atoms with Gasteiger partial charge < -0.3 is 14.8 Å². The van der Waals surface area contributed by atoms with Gasteiger partial charge in [0.05, 0.1) is 12.4 Å². The Bertz CT molecular complexity index is 692. The molecule has 0 saturated carbocycles. The van der Waals surface area contributed by atoms with E-state index in [9.17, 15) is 9.90 Å². The number of ether oxygens (including phenoxy) is 1. The molecule has 7 nitrogen and oxygen atoms in total. The Kier molecular flexibility index (Phi) is 3.10. The second-order valence-corrected chi connectivity index (χ2v) is 5.30. The molecular weight excluding hydrogens is 260 g/mol. The van der Waals surface area contributed by atoms with Gasteiger partial charge in [0.2, 0.25) is 0 Å². The summed E-state index contributed by atoms with van der Waals surface area (Å²) in [7, 11) is 0. The number of aryl methyl sites for hydroxylation is 1. The van der Waals surface area contributed by atoms with E-state index in [0.717, 1.165) is 6.42 Å². The zero-order chi connectivity index (χ0) is 14.4. The first-order chi connectivity index (χ1) is 9.52. The predicted molar refractivity (Wildman–Crippen MR) is 72.3 cm³/mol. The molecule has 4 atom stereocenters. The Balaban J connectivity index is 2.09. The third-order valence-electron chi connectivity index (χ3n) is 3.96. The number of aromatic amines is 1. The van der Waals surface area contributed by atoms with Crippen LogP contribution in [0.3, 0.4) is 0 Å². The Morgan fingerprint density at radius 2 is 2.30 bits per heavy atom. The number of nitrogens with one attached hydrogen (secondary N) is 1. The van der Waals surface area contributed by atoms with Crippen LogP contribution in [0.15, 0.2) is 11.1 Å². The monoisotopic (exact) mass is 278 g/mol. The van der Waals surface area contributed by atoms with Crippen molar-refractivity contribution >= 4 is 11.2 Å². The van der Waals surface area contributed by atoms with E-state index in [4.69, 9.17) is 4.74 Å². The van der Waals surface area contributed by atoms with Crippen molar-refractivity contribution in [1.29, 1.82) is 0 Å². The van der Waals surface area contributed by atoms with Crippen molar-refractivity contribution in [3.05, 3.63) is 22.5 Å². The maximum atomic E-state index is 11.8. The molecule has 0 bridgehead atoms. The van der Waals surface area contributed by atoms with Crippen LogP contribution in [0.1, 0.15) is 32.3 Å². The van der Waals surface area contributed by atoms with Crippen molar-refractivity contribution in [2.45, 2.75) is 45.6 Å². The largest absolute Gasteiger partial charge is 0.388 e. The smallest absolute Gasteiger partial charge is 0.279 e. The summed E-state index contributed by atoms with van der Waals surface area (Å²) in [5.74, 6) is 0.544. The molecule has 0 spiro atoms. The Morgan fingerprint density at radius 1 is 1.55 bits per heavy atom. The number of aliphatic hydroxyl groups is 1. The fraction of sp³-hybridized carbons (Fsp3) is 0.615. The van der Waals surface area contributed by atoms with Crippen LogP contribution in [-0.2, 0) is 4.74 Å². The SMILES string of the molecule is CC[C@H]1O[C@@H](n2cnc3c(=O)[nH]c(C)nc32)[C@@H](O)C1C. The number of nitrogens with zero attached hydrogens (tertiary/aromatic N) is 3. The lowest BCUT2D eigenvalue weighted by atomic mass is 9.99. The van der Waals surface area contributed by atoms with Crippen molar-refractivity contribution in [3.8, 4) is 0 Å². The summed E-state index contributed by atoms with van der Waals surface area (Å²) in [5.41, 5.74) is 0.428. The summed E-state index contributed by atoms with van der Waals surface area (Å²) in [5, 5.41) is 10.3. The highest BCUT2D eigenvalue weighted by molar-refractivity contribution is 5.69. The number of aliphatic hydroxyl groups excluding tert-OH is 1. The normalized spacial score (nSPS) is 30.2. The average Bonchev–Trinajstić information content (AvgIpc) is 2.93. The lowest BCUT2D eigenvalue weighted by Crippen LogP contribution is -2.24. The first kappa shape index (κ1) is 13.3. The molecule has 2 N–H and O–H groups in total. The van der Waals surface area contributed by atoms with Crippen LogP contribution >= 0.6 is 0 Å². The minimum Gasteiger partial charge on any atom is -0.388 e. The van der Waals surface area contributed by atoms with E-state index < -0.39 is 12.3 Å². The summed E-state index contributed by atoms with van der Waals surface area (Å²) < 4.78 is 7.54. The van der Waals surface area contributed by atoms with Gasteiger partial charge in [-0.15, -0.1) is 0 Å². The minimum absolute atomic E-state index is 0.00413. The lowest BCUT2D eigenvalue weighted by molar-refractivity contribution is -0.0355. The summed E-state index contributed by atoms with van der Waals surface area (Å²) in [6.07, 6.45) is 1.14. The number of aromatic nitrogens is 4. The fourth-order valence-corrected chi connectivity index (χ4v) is 2.78. The van der Waals surface area contributed by atoms with Crippen LogP contribution in [0, 0.1) is 12.8 Å². The van der Waals surface area contributed by atoms with E-state index in [1.807, 2.05) is 13.8 Å². The van der Waals surface area contributed by atoms with Crippen LogP contribution in [0.2, 0.25) is 0 Å². The van der Waals surface area contributed by atoms with Gasteiger partial charge in [-0.05, 0) is 13.3 Å². The minimum atomic E-state index is -0.640. The Hall–Kier alpha value is -1.73. The number of H-pyrrole nitrogens is 1. The molecule has 7 heteroatoms. The van der Waals surface area contributed by atoms with E-state index in [1.54, 1.807) is 11.5 Å². The highest BCUT2D eigenvalue weighted by Crippen LogP contribution is 2.35. The Morgan fingerprint density at radius 3 is 2.95 bits per heavy atom. The standard InChI is InChI=1S/C13H18N4O3/c1-4-8-6(2)10(18)13(20-8)17-5-14-9-11(17)15-7(3)16-12(9)19/h5-6,8,10,13,18H,4H2,1-3H3,(H,15,16,19)/t6?,8-,10+,13-/m1/s1. The van der Waals surface area contributed by atoms with Gasteiger partial charge >= 0.3 is 0 Å². The van der Waals surface area contributed by atoms with E-state index in [1.165, 1.54) is 6.33 Å². The van der Waals surface area contributed by atoms with Gasteiger partial charge in [-0.2, -0.15) is 0 Å². The highest BCUT2D eigenvalue weighted by Gasteiger charge is 2.41. The van der Waals surface area contributed by atoms with Crippen molar-refractivity contribution in [1.82, 2.24) is 19.5 Å². The summed E-state index contributed by atoms with van der Waals surface area (Å²) in [6, 6.07) is 0. The predicted octanol–water partition coefficient (Wildman–Crippen LogP) is 0.732. The first-order valence-corrected chi connectivity index (χ1v) is 6.80. The molecule has 3 rings (SSSR count). The molecule has 2 aromatic rings. The van der Waals surface area contributed by atoms with Gasteiger partial charge in [-0.3, -0.25) is 9.36 Å². The van der Waals surface area contributed by atoms with E-state index >= 15 is 0 Å². The molecule has 0 amide bonds. The number of imidazole rings is 1. The third kappa shape index (κ3) is 1.85. The van der Waals surface area contributed by atoms with Crippen LogP contribution < -0.4 is 5.56 Å². The molecule has 2 aromatic heterocycles. The fourth-order valence-electron chi connectivity index (χ4n) is 2.78. The molecule has 1 fully saturated rings. The van der Waals surface area contributed by atoms with Crippen LogP contribution in [-0.4, -0.2) is 36.8 Å². The zero-order valence-electron chi connectivity index (χ0n) is 11.7. The molecule has 1 aliphatic rings. The van der Waals surface area contributed by atoms with Crippen LogP contribution in [0.4, 0.5) is 0 Å². The summed E-state index contributed by atoms with van der Waals surface area (Å²) >= 11 is 0. The topological polar surface area (TPSA) is 93.0 Å². The second-order valence-electron chi connectivity index (χ2n) is 5.30. The number of hydrogen-bond donors (Lipinski definition) is 2. The molecule has 1 aliphatic heterocycles. The maximum absolute atomic E-state index is 11.8. The van der Waals surface area contributed by atoms with Gasteiger partial charge in [-0.25, -0.2) is 9.97 Å². The molecule has 20 heavy (non-hydrogen) atoms. The zero-order valence-corrected chi connectivity index (χ0v) is 11.7. The van der Waals surface area contributed by atoms with Crippen LogP contribution in [0.25, 0.3) is 11.2 Å². The van der Waals surface area contributed by atoms with Gasteiger partial charge in [0, 0.05) is 5.92 Å². The molecular formula is C13H18N4O3. The average molecular weight is 278 g/mol. The van der Waals surface area contributed by atoms with Gasteiger partial charge in [0.15, 0.2) is 17.4 Å². The summed E-state index contributed by atoms with van der Waals surface area (Å²) in [6.45, 7) is 5.69. The van der Waals surface area contributed by atoms with E-state index in [0.29, 0.717) is 11.5 Å². The van der Waals surface area contributed by atoms with Crippen molar-refractivity contribution < 1.29 is 9.84 Å². The van der Waals surface area contributed by atoms with E-state index in [-0.39, 0.29) is 23.1 Å². The van der Waals surface area contributed by atoms with Gasteiger partial charge in [0.25, 0.3) is 5.56 Å². The van der Waals surface area contributed by atoms with Gasteiger partial charge in [0.1, 0.15) is 11.9 Å². The molecule has 0 radical (unpaired) electrons. The molecule has 0 aliphatic carbocycles. The molecule has 1 saturated heterocycles. The van der Waals surface area contributed by atoms with E-state index in [2.05, 4.69) is 15.0 Å². The first-order valence-electron chi connectivity index (χ1n) is 6.80. The second kappa shape index (κ2) is 4.68. The molecule has 108 valence electrons. The van der Waals surface area contributed by atoms with Crippen molar-refractivity contribution in [3.63, 3.8) is 0 Å². The Labute approximate surface area is 115 Å². The lowest BCUT2D eigenvalue weighted by Gasteiger charge is -2.17. The molecule has 1 unspecified atom stereocenters. The maximum Gasteiger partial charge on any atom is 0.279 e. The number of fused-ring (bicyclic) bond motifs is 1. The van der Waals surface area contributed by atoms with Crippen LogP contribution in [0.5, 0.6) is 0 Å². The quantitative estimate of drug-likeness (QED) is 0.845. The highest BCUT2D eigenvalue weighted by atomic mass is 16.5. The summed E-state index contributed by atoms with van der Waals surface area (Å²) in [4.78, 5) is 22.8. The van der Waals surface area contributed by atoms with Crippen molar-refractivity contribution in [2.75, 3.05) is 0 Å². The third-order valence-corrected chi connectivity index (χ3v) is 3.96. The number of hydrogen-bond acceptors (Lipinski definition) is 5.